The Morgan fingerprint density at radius 3 is 2.95 bits per heavy atom. The van der Waals surface area contributed by atoms with Gasteiger partial charge in [-0.25, -0.2) is 9.97 Å². The van der Waals surface area contributed by atoms with Crippen LogP contribution < -0.4 is 10.6 Å². The number of fused-ring (bicyclic) bond motifs is 1. The molecular weight excluding hydrogens is 276 g/mol. The van der Waals surface area contributed by atoms with E-state index in [1.807, 2.05) is 0 Å². The van der Waals surface area contributed by atoms with Gasteiger partial charge in [-0.05, 0) is 36.5 Å². The molecule has 1 fully saturated rings. The van der Waals surface area contributed by atoms with Crippen LogP contribution in [0.25, 0.3) is 10.9 Å². The number of hydrogen-bond donors (Lipinski definition) is 2. The van der Waals surface area contributed by atoms with Crippen molar-refractivity contribution in [3.8, 4) is 0 Å². The highest BCUT2D eigenvalue weighted by Crippen LogP contribution is 2.25. The summed E-state index contributed by atoms with van der Waals surface area (Å²) in [6.07, 6.45) is 3.92. The van der Waals surface area contributed by atoms with Gasteiger partial charge in [0.15, 0.2) is 0 Å². The number of amides is 1. The van der Waals surface area contributed by atoms with E-state index in [1.165, 1.54) is 5.56 Å². The molecule has 0 radical (unpaired) electrons. The Kier molecular flexibility index (Phi) is 4.22. The predicted molar refractivity (Wildman–Crippen MR) is 87.9 cm³/mol. The summed E-state index contributed by atoms with van der Waals surface area (Å²) < 4.78 is 0. The van der Waals surface area contributed by atoms with E-state index in [-0.39, 0.29) is 11.9 Å². The van der Waals surface area contributed by atoms with Crippen molar-refractivity contribution >= 4 is 22.6 Å². The normalized spacial score (nSPS) is 19.0. The van der Waals surface area contributed by atoms with Gasteiger partial charge in [-0.1, -0.05) is 19.9 Å². The second-order valence-corrected chi connectivity index (χ2v) is 6.17. The third-order valence-electron chi connectivity index (χ3n) is 4.20. The fourth-order valence-electron chi connectivity index (χ4n) is 2.81. The maximum atomic E-state index is 11.4. The first kappa shape index (κ1) is 14.8. The lowest BCUT2D eigenvalue weighted by molar-refractivity contribution is -0.120. The molecule has 2 aromatic rings. The molecule has 0 aliphatic carbocycles. The molecule has 1 aromatic heterocycles. The Morgan fingerprint density at radius 2 is 2.14 bits per heavy atom. The first-order chi connectivity index (χ1) is 10.6. The number of benzene rings is 1. The number of aromatic nitrogens is 2. The molecule has 1 aromatic carbocycles. The lowest BCUT2D eigenvalue weighted by atomic mass is 10.0. The van der Waals surface area contributed by atoms with Crippen LogP contribution >= 0.6 is 0 Å². The van der Waals surface area contributed by atoms with Crippen LogP contribution in [0.15, 0.2) is 24.5 Å². The zero-order chi connectivity index (χ0) is 15.5. The van der Waals surface area contributed by atoms with Crippen molar-refractivity contribution in [2.75, 3.05) is 11.9 Å². The van der Waals surface area contributed by atoms with Gasteiger partial charge < -0.3 is 10.6 Å². The largest absolute Gasteiger partial charge is 0.367 e. The zero-order valence-corrected chi connectivity index (χ0v) is 13.1. The number of rotatable bonds is 3. The summed E-state index contributed by atoms with van der Waals surface area (Å²) >= 11 is 0. The maximum absolute atomic E-state index is 11.4. The number of carbonyl (C=O) groups is 1. The fraction of sp³-hybridized carbons (Fsp3) is 0.471. The second kappa shape index (κ2) is 6.30. The molecule has 3 rings (SSSR count). The number of hydrogen-bond acceptors (Lipinski definition) is 4. The molecule has 1 amide bonds. The highest BCUT2D eigenvalue weighted by Gasteiger charge is 2.17. The Balaban J connectivity index is 1.89. The third-order valence-corrected chi connectivity index (χ3v) is 4.20. The maximum Gasteiger partial charge on any atom is 0.220 e. The fourth-order valence-corrected chi connectivity index (χ4v) is 2.81. The molecule has 0 spiro atoms. The minimum atomic E-state index is 0.138. The summed E-state index contributed by atoms with van der Waals surface area (Å²) in [6.45, 7) is 5.08. The molecule has 2 heterocycles. The van der Waals surface area contributed by atoms with Crippen LogP contribution in [0.4, 0.5) is 5.82 Å². The standard InChI is InChI=1S/C17H22N4O/c1-11(2)12-3-5-15-14(9-12)17(20-10-19-15)21-13-4-6-16(22)18-8-7-13/h3,5,9-11,13H,4,6-8H2,1-2H3,(H,18,22)(H,19,20,21). The summed E-state index contributed by atoms with van der Waals surface area (Å²) in [5.74, 6) is 1.47. The van der Waals surface area contributed by atoms with E-state index >= 15 is 0 Å². The summed E-state index contributed by atoms with van der Waals surface area (Å²) in [5, 5.41) is 7.47. The van der Waals surface area contributed by atoms with E-state index in [0.29, 0.717) is 12.3 Å². The van der Waals surface area contributed by atoms with Crippen LogP contribution in [0.3, 0.4) is 0 Å². The molecule has 1 unspecified atom stereocenters. The lowest BCUT2D eigenvalue weighted by Crippen LogP contribution is -2.23. The average molecular weight is 298 g/mol. The van der Waals surface area contributed by atoms with Gasteiger partial charge in [0.2, 0.25) is 5.91 Å². The van der Waals surface area contributed by atoms with Crippen molar-refractivity contribution in [1.82, 2.24) is 15.3 Å². The van der Waals surface area contributed by atoms with E-state index in [4.69, 9.17) is 0 Å². The average Bonchev–Trinajstić information content (AvgIpc) is 2.72. The summed E-state index contributed by atoms with van der Waals surface area (Å²) in [7, 11) is 0. The van der Waals surface area contributed by atoms with Crippen LogP contribution in [-0.4, -0.2) is 28.5 Å². The molecule has 22 heavy (non-hydrogen) atoms. The Labute approximate surface area is 130 Å². The molecule has 5 nitrogen and oxygen atoms in total. The Morgan fingerprint density at radius 1 is 1.27 bits per heavy atom. The van der Waals surface area contributed by atoms with Crippen molar-refractivity contribution in [2.24, 2.45) is 0 Å². The van der Waals surface area contributed by atoms with Crippen molar-refractivity contribution < 1.29 is 4.79 Å². The minimum Gasteiger partial charge on any atom is -0.367 e. The quantitative estimate of drug-likeness (QED) is 0.914. The Bertz CT molecular complexity index is 683. The first-order valence-electron chi connectivity index (χ1n) is 7.91. The van der Waals surface area contributed by atoms with E-state index in [2.05, 4.69) is 52.6 Å². The molecule has 1 atom stereocenters. The topological polar surface area (TPSA) is 66.9 Å². The van der Waals surface area contributed by atoms with Crippen LogP contribution in [0, 0.1) is 0 Å². The number of nitrogens with one attached hydrogen (secondary N) is 2. The van der Waals surface area contributed by atoms with Crippen LogP contribution in [0.1, 0.15) is 44.6 Å². The van der Waals surface area contributed by atoms with Crippen molar-refractivity contribution in [1.29, 1.82) is 0 Å². The number of nitrogens with zero attached hydrogens (tertiary/aromatic N) is 2. The Hall–Kier alpha value is -2.17. The van der Waals surface area contributed by atoms with Crippen LogP contribution in [-0.2, 0) is 4.79 Å². The van der Waals surface area contributed by atoms with Crippen molar-refractivity contribution in [2.45, 2.75) is 45.1 Å². The van der Waals surface area contributed by atoms with E-state index < -0.39 is 0 Å². The molecule has 1 saturated heterocycles. The van der Waals surface area contributed by atoms with Crippen molar-refractivity contribution in [3.05, 3.63) is 30.1 Å². The van der Waals surface area contributed by atoms with Gasteiger partial charge >= 0.3 is 0 Å². The monoisotopic (exact) mass is 298 g/mol. The molecule has 1 aliphatic heterocycles. The van der Waals surface area contributed by atoms with Gasteiger partial charge in [0.25, 0.3) is 0 Å². The van der Waals surface area contributed by atoms with Gasteiger partial charge in [0, 0.05) is 24.4 Å². The predicted octanol–water partition coefficient (Wildman–Crippen LogP) is 2.83. The number of carbonyl (C=O) groups excluding carboxylic acids is 1. The summed E-state index contributed by atoms with van der Waals surface area (Å²) in [5.41, 5.74) is 2.23. The van der Waals surface area contributed by atoms with Crippen LogP contribution in [0.2, 0.25) is 0 Å². The molecule has 116 valence electrons. The molecular formula is C17H22N4O. The van der Waals surface area contributed by atoms with E-state index in [1.54, 1.807) is 6.33 Å². The molecule has 0 saturated carbocycles. The minimum absolute atomic E-state index is 0.138. The third kappa shape index (κ3) is 3.18. The highest BCUT2D eigenvalue weighted by atomic mass is 16.1. The molecule has 5 heteroatoms. The van der Waals surface area contributed by atoms with Gasteiger partial charge in [0.05, 0.1) is 5.52 Å². The highest BCUT2D eigenvalue weighted by molar-refractivity contribution is 5.89. The lowest BCUT2D eigenvalue weighted by Gasteiger charge is -2.18. The first-order valence-corrected chi connectivity index (χ1v) is 7.91. The smallest absolute Gasteiger partial charge is 0.220 e. The SMILES string of the molecule is CC(C)c1ccc2ncnc(NC3CCNC(=O)CC3)c2c1. The van der Waals surface area contributed by atoms with E-state index in [9.17, 15) is 4.79 Å². The van der Waals surface area contributed by atoms with Crippen LogP contribution in [0.5, 0.6) is 0 Å². The van der Waals surface area contributed by atoms with Gasteiger partial charge in [0.1, 0.15) is 12.1 Å². The van der Waals surface area contributed by atoms with E-state index in [0.717, 1.165) is 36.1 Å². The number of anilines is 1. The van der Waals surface area contributed by atoms with Gasteiger partial charge in [-0.3, -0.25) is 4.79 Å². The second-order valence-electron chi connectivity index (χ2n) is 6.17. The molecule has 0 bridgehead atoms. The summed E-state index contributed by atoms with van der Waals surface area (Å²) in [6, 6.07) is 6.61. The van der Waals surface area contributed by atoms with Crippen molar-refractivity contribution in [3.63, 3.8) is 0 Å². The molecule has 1 aliphatic rings. The van der Waals surface area contributed by atoms with Gasteiger partial charge in [-0.2, -0.15) is 0 Å². The molecule has 2 N–H and O–H groups in total. The van der Waals surface area contributed by atoms with Gasteiger partial charge in [-0.15, -0.1) is 0 Å². The zero-order valence-electron chi connectivity index (χ0n) is 13.1. The summed E-state index contributed by atoms with van der Waals surface area (Å²) in [4.78, 5) is 20.2.